The molecule has 0 aliphatic heterocycles. The molecule has 0 amide bonds. The summed E-state index contributed by atoms with van der Waals surface area (Å²) in [5, 5.41) is 0. The van der Waals surface area contributed by atoms with Crippen LogP contribution in [0.25, 0.3) is 6.08 Å². The van der Waals surface area contributed by atoms with E-state index in [1.807, 2.05) is 54.2 Å². The fraction of sp³-hybridized carbons (Fsp3) is 0.250. The monoisotopic (exact) mass is 310 g/mol. The van der Waals surface area contributed by atoms with Gasteiger partial charge in [-0.1, -0.05) is 73.2 Å². The molecule has 0 aromatic heterocycles. The summed E-state index contributed by atoms with van der Waals surface area (Å²) < 4.78 is 0. The van der Waals surface area contributed by atoms with E-state index in [9.17, 15) is 4.79 Å². The summed E-state index contributed by atoms with van der Waals surface area (Å²) in [6.07, 6.45) is 3.63. The first-order valence-electron chi connectivity index (χ1n) is 7.62. The van der Waals surface area contributed by atoms with Crippen LogP contribution in [0.1, 0.15) is 29.5 Å². The second-order valence-corrected chi connectivity index (χ2v) is 6.59. The van der Waals surface area contributed by atoms with E-state index in [0.717, 1.165) is 22.6 Å². The molecule has 0 bridgehead atoms. The summed E-state index contributed by atoms with van der Waals surface area (Å²) in [5.41, 5.74) is 3.37. The number of ketones is 1. The largest absolute Gasteiger partial charge is 0.294 e. The van der Waals surface area contributed by atoms with Gasteiger partial charge in [0, 0.05) is 5.75 Å². The molecule has 0 spiro atoms. The van der Waals surface area contributed by atoms with Crippen LogP contribution in [0.4, 0.5) is 0 Å². The van der Waals surface area contributed by atoms with Gasteiger partial charge in [-0.2, -0.15) is 11.8 Å². The van der Waals surface area contributed by atoms with Gasteiger partial charge in [-0.3, -0.25) is 4.79 Å². The maximum atomic E-state index is 12.6. The number of carbonyl (C=O) groups excluding carboxylic acids is 1. The van der Waals surface area contributed by atoms with E-state index >= 15 is 0 Å². The van der Waals surface area contributed by atoms with Crippen LogP contribution in [-0.2, 0) is 4.79 Å². The third kappa shape index (κ3) is 4.88. The van der Waals surface area contributed by atoms with Crippen molar-refractivity contribution in [1.29, 1.82) is 0 Å². The number of rotatable bonds is 7. The van der Waals surface area contributed by atoms with Crippen LogP contribution >= 0.6 is 11.8 Å². The fourth-order valence-electron chi connectivity index (χ4n) is 2.32. The van der Waals surface area contributed by atoms with Gasteiger partial charge in [0.1, 0.15) is 0 Å². The maximum absolute atomic E-state index is 12.6. The average Bonchev–Trinajstić information content (AvgIpc) is 2.54. The van der Waals surface area contributed by atoms with E-state index in [1.54, 1.807) is 6.08 Å². The molecule has 0 fully saturated rings. The van der Waals surface area contributed by atoms with Crippen LogP contribution in [0.3, 0.4) is 0 Å². The molecule has 2 rings (SSSR count). The van der Waals surface area contributed by atoms with Crippen LogP contribution in [0.2, 0.25) is 0 Å². The first kappa shape index (κ1) is 16.6. The van der Waals surface area contributed by atoms with Crippen molar-refractivity contribution in [2.75, 3.05) is 11.5 Å². The quantitative estimate of drug-likeness (QED) is 0.661. The van der Waals surface area contributed by atoms with E-state index in [0.29, 0.717) is 0 Å². The number of benzene rings is 2. The summed E-state index contributed by atoms with van der Waals surface area (Å²) in [6.45, 7) is 4.19. The van der Waals surface area contributed by atoms with E-state index in [1.165, 1.54) is 5.56 Å². The summed E-state index contributed by atoms with van der Waals surface area (Å²) >= 11 is 1.81. The standard InChI is InChI=1S/C20H22OS/c1-3-22-15-19(18-11-7-8-16(2)14-18)20(21)13-12-17-9-5-4-6-10-17/h4-14,19H,3,15H2,1-2H3/b13-12+/t19-/m1/s1. The van der Waals surface area contributed by atoms with Crippen molar-refractivity contribution in [3.05, 3.63) is 77.4 Å². The van der Waals surface area contributed by atoms with Crippen molar-refractivity contribution in [1.82, 2.24) is 0 Å². The molecule has 1 atom stereocenters. The summed E-state index contributed by atoms with van der Waals surface area (Å²) in [6, 6.07) is 18.2. The Bertz CT molecular complexity index is 631. The third-order valence-electron chi connectivity index (χ3n) is 3.52. The van der Waals surface area contributed by atoms with Gasteiger partial charge in [0.05, 0.1) is 5.92 Å². The Morgan fingerprint density at radius 1 is 1.14 bits per heavy atom. The van der Waals surface area contributed by atoms with Crippen LogP contribution in [0.15, 0.2) is 60.7 Å². The number of allylic oxidation sites excluding steroid dienone is 1. The topological polar surface area (TPSA) is 17.1 Å². The van der Waals surface area contributed by atoms with E-state index < -0.39 is 0 Å². The molecule has 1 nitrogen and oxygen atoms in total. The van der Waals surface area contributed by atoms with Crippen molar-refractivity contribution in [3.63, 3.8) is 0 Å². The Balaban J connectivity index is 2.17. The highest BCUT2D eigenvalue weighted by molar-refractivity contribution is 7.99. The molecular weight excluding hydrogens is 288 g/mol. The van der Waals surface area contributed by atoms with Gasteiger partial charge >= 0.3 is 0 Å². The van der Waals surface area contributed by atoms with Crippen LogP contribution in [0.5, 0.6) is 0 Å². The molecule has 0 unspecified atom stereocenters. The molecule has 2 aromatic carbocycles. The lowest BCUT2D eigenvalue weighted by atomic mass is 9.94. The normalized spacial score (nSPS) is 12.5. The zero-order chi connectivity index (χ0) is 15.8. The number of hydrogen-bond donors (Lipinski definition) is 0. The Morgan fingerprint density at radius 3 is 2.59 bits per heavy atom. The molecule has 114 valence electrons. The Morgan fingerprint density at radius 2 is 1.91 bits per heavy atom. The van der Waals surface area contributed by atoms with Crippen molar-refractivity contribution in [2.24, 2.45) is 0 Å². The van der Waals surface area contributed by atoms with Gasteiger partial charge < -0.3 is 0 Å². The van der Waals surface area contributed by atoms with Gasteiger partial charge in [0.25, 0.3) is 0 Å². The number of thioether (sulfide) groups is 1. The lowest BCUT2D eigenvalue weighted by molar-refractivity contribution is -0.115. The van der Waals surface area contributed by atoms with E-state index in [-0.39, 0.29) is 11.7 Å². The van der Waals surface area contributed by atoms with Crippen LogP contribution in [0, 0.1) is 6.92 Å². The molecule has 0 radical (unpaired) electrons. The lowest BCUT2D eigenvalue weighted by Gasteiger charge is -2.14. The minimum absolute atomic E-state index is 0.0650. The highest BCUT2D eigenvalue weighted by Gasteiger charge is 2.18. The van der Waals surface area contributed by atoms with Crippen molar-refractivity contribution < 1.29 is 4.79 Å². The zero-order valence-corrected chi connectivity index (χ0v) is 14.0. The molecule has 0 N–H and O–H groups in total. The molecule has 0 aliphatic rings. The number of aryl methyl sites for hydroxylation is 1. The number of carbonyl (C=O) groups is 1. The molecule has 2 heteroatoms. The zero-order valence-electron chi connectivity index (χ0n) is 13.2. The second kappa shape index (κ2) is 8.60. The Kier molecular flexibility index (Phi) is 6.47. The molecule has 0 aliphatic carbocycles. The maximum Gasteiger partial charge on any atom is 0.163 e. The second-order valence-electron chi connectivity index (χ2n) is 5.27. The van der Waals surface area contributed by atoms with Crippen molar-refractivity contribution in [3.8, 4) is 0 Å². The Hall–Kier alpha value is -1.80. The highest BCUT2D eigenvalue weighted by Crippen LogP contribution is 2.23. The average molecular weight is 310 g/mol. The van der Waals surface area contributed by atoms with Crippen LogP contribution in [-0.4, -0.2) is 17.3 Å². The predicted octanol–water partition coefficient (Wildman–Crippen LogP) is 5.11. The molecule has 0 saturated heterocycles. The third-order valence-corrected chi connectivity index (χ3v) is 4.49. The Labute approximate surface area is 137 Å². The number of hydrogen-bond acceptors (Lipinski definition) is 2. The molecule has 0 saturated carbocycles. The summed E-state index contributed by atoms with van der Waals surface area (Å²) in [5.74, 6) is 1.97. The smallest absolute Gasteiger partial charge is 0.163 e. The fourth-order valence-corrected chi connectivity index (χ4v) is 3.15. The molecule has 22 heavy (non-hydrogen) atoms. The van der Waals surface area contributed by atoms with Gasteiger partial charge in [-0.25, -0.2) is 0 Å². The SMILES string of the molecule is CCSC[C@@H](C(=O)/C=C/c1ccccc1)c1cccc(C)c1. The van der Waals surface area contributed by atoms with E-state index in [4.69, 9.17) is 0 Å². The summed E-state index contributed by atoms with van der Waals surface area (Å²) in [4.78, 5) is 12.6. The molecular formula is C20H22OS. The van der Waals surface area contributed by atoms with E-state index in [2.05, 4.69) is 32.0 Å². The van der Waals surface area contributed by atoms with Gasteiger partial charge in [0.15, 0.2) is 5.78 Å². The van der Waals surface area contributed by atoms with Crippen LogP contribution < -0.4 is 0 Å². The molecule has 0 heterocycles. The minimum Gasteiger partial charge on any atom is -0.294 e. The minimum atomic E-state index is -0.0650. The lowest BCUT2D eigenvalue weighted by Crippen LogP contribution is -2.13. The summed E-state index contributed by atoms with van der Waals surface area (Å²) in [7, 11) is 0. The van der Waals surface area contributed by atoms with Gasteiger partial charge in [-0.15, -0.1) is 0 Å². The van der Waals surface area contributed by atoms with Gasteiger partial charge in [0.2, 0.25) is 0 Å². The van der Waals surface area contributed by atoms with Crippen molar-refractivity contribution in [2.45, 2.75) is 19.8 Å². The van der Waals surface area contributed by atoms with Gasteiger partial charge in [-0.05, 0) is 29.9 Å². The first-order valence-corrected chi connectivity index (χ1v) is 8.77. The van der Waals surface area contributed by atoms with Crippen molar-refractivity contribution >= 4 is 23.6 Å². The molecule has 2 aromatic rings. The highest BCUT2D eigenvalue weighted by atomic mass is 32.2. The first-order chi connectivity index (χ1) is 10.7. The predicted molar refractivity (Wildman–Crippen MR) is 97.4 cm³/mol.